The molecule has 1 aliphatic rings. The summed E-state index contributed by atoms with van der Waals surface area (Å²) in [6.45, 7) is 6.70. The maximum absolute atomic E-state index is 5.92. The Morgan fingerprint density at radius 1 is 1.25 bits per heavy atom. The highest BCUT2D eigenvalue weighted by molar-refractivity contribution is 6.30. The molecule has 88 valence electrons. The van der Waals surface area contributed by atoms with Crippen LogP contribution in [0, 0.1) is 0 Å². The minimum absolute atomic E-state index is 0.0529. The fourth-order valence-electron chi connectivity index (χ4n) is 2.07. The number of halogens is 1. The Kier molecular flexibility index (Phi) is 3.24. The lowest BCUT2D eigenvalue weighted by Crippen LogP contribution is -2.60. The van der Waals surface area contributed by atoms with Crippen LogP contribution in [0.1, 0.15) is 19.4 Å². The van der Waals surface area contributed by atoms with E-state index in [4.69, 9.17) is 11.6 Å². The summed E-state index contributed by atoms with van der Waals surface area (Å²) in [5, 5.41) is 4.11. The lowest BCUT2D eigenvalue weighted by Gasteiger charge is -2.45. The first-order valence-corrected chi connectivity index (χ1v) is 6.09. The average Bonchev–Trinajstić information content (AvgIpc) is 2.15. The van der Waals surface area contributed by atoms with Crippen molar-refractivity contribution in [3.05, 3.63) is 34.9 Å². The van der Waals surface area contributed by atoms with E-state index in [1.54, 1.807) is 0 Å². The Morgan fingerprint density at radius 3 is 2.25 bits per heavy atom. The predicted molar refractivity (Wildman–Crippen MR) is 68.9 cm³/mol. The second-order valence-electron chi connectivity index (χ2n) is 4.99. The van der Waals surface area contributed by atoms with Crippen LogP contribution >= 0.6 is 11.6 Å². The first-order valence-electron chi connectivity index (χ1n) is 5.71. The van der Waals surface area contributed by atoms with Gasteiger partial charge in [0.2, 0.25) is 0 Å². The Bertz CT molecular complexity index is 355. The van der Waals surface area contributed by atoms with Crippen LogP contribution in [0.25, 0.3) is 0 Å². The van der Waals surface area contributed by atoms with Crippen molar-refractivity contribution >= 4 is 11.6 Å². The van der Waals surface area contributed by atoms with Gasteiger partial charge in [-0.2, -0.15) is 0 Å². The number of nitrogens with zero attached hydrogens (tertiary/aromatic N) is 1. The molecule has 0 bridgehead atoms. The Balaban J connectivity index is 2.19. The molecule has 2 nitrogen and oxygen atoms in total. The molecule has 0 unspecified atom stereocenters. The predicted octanol–water partition coefficient (Wildman–Crippen LogP) is 2.48. The summed E-state index contributed by atoms with van der Waals surface area (Å²) >= 11 is 5.92. The molecule has 1 N–H and O–H groups in total. The maximum Gasteiger partial charge on any atom is 0.0406 e. The van der Waals surface area contributed by atoms with Gasteiger partial charge < -0.3 is 5.32 Å². The molecular formula is C13H19ClN2. The molecule has 1 aromatic rings. The van der Waals surface area contributed by atoms with Crippen LogP contribution in [-0.2, 0) is 5.54 Å². The highest BCUT2D eigenvalue weighted by atomic mass is 35.5. The Morgan fingerprint density at radius 2 is 1.81 bits per heavy atom. The molecule has 0 spiro atoms. The zero-order valence-electron chi connectivity index (χ0n) is 10.1. The van der Waals surface area contributed by atoms with Gasteiger partial charge in [-0.3, -0.25) is 4.90 Å². The molecule has 1 fully saturated rings. The smallest absolute Gasteiger partial charge is 0.0406 e. The Hall–Kier alpha value is -0.570. The van der Waals surface area contributed by atoms with Crippen molar-refractivity contribution in [2.24, 2.45) is 0 Å². The molecule has 0 aromatic heterocycles. The summed E-state index contributed by atoms with van der Waals surface area (Å²) in [5.74, 6) is 0. The highest BCUT2D eigenvalue weighted by Crippen LogP contribution is 2.29. The molecule has 0 radical (unpaired) electrons. The van der Waals surface area contributed by atoms with Gasteiger partial charge in [0.1, 0.15) is 0 Å². The van der Waals surface area contributed by atoms with Crippen LogP contribution in [-0.4, -0.2) is 31.1 Å². The SMILES string of the molecule is CN(C1CNC1)C(C)(C)c1ccc(Cl)cc1. The summed E-state index contributed by atoms with van der Waals surface area (Å²) in [6, 6.07) is 8.80. The van der Waals surface area contributed by atoms with Crippen LogP contribution in [0.15, 0.2) is 24.3 Å². The fraction of sp³-hybridized carbons (Fsp3) is 0.538. The van der Waals surface area contributed by atoms with Gasteiger partial charge in [0, 0.05) is 29.7 Å². The molecule has 1 saturated heterocycles. The first kappa shape index (κ1) is 11.9. The van der Waals surface area contributed by atoms with Crippen molar-refractivity contribution in [2.45, 2.75) is 25.4 Å². The third-order valence-electron chi connectivity index (χ3n) is 3.74. The summed E-state index contributed by atoms with van der Waals surface area (Å²) in [6.07, 6.45) is 0. The summed E-state index contributed by atoms with van der Waals surface area (Å²) in [5.41, 5.74) is 1.36. The van der Waals surface area contributed by atoms with Gasteiger partial charge in [-0.25, -0.2) is 0 Å². The van der Waals surface area contributed by atoms with Crippen molar-refractivity contribution in [3.8, 4) is 0 Å². The minimum Gasteiger partial charge on any atom is -0.314 e. The van der Waals surface area contributed by atoms with Crippen LogP contribution in [0.4, 0.5) is 0 Å². The molecule has 0 amide bonds. The molecule has 0 atom stereocenters. The summed E-state index contributed by atoms with van der Waals surface area (Å²) in [7, 11) is 2.19. The van der Waals surface area contributed by atoms with Gasteiger partial charge in [-0.15, -0.1) is 0 Å². The highest BCUT2D eigenvalue weighted by Gasteiger charge is 2.33. The van der Waals surface area contributed by atoms with Gasteiger partial charge in [-0.05, 0) is 38.6 Å². The number of rotatable bonds is 3. The van der Waals surface area contributed by atoms with Crippen LogP contribution < -0.4 is 5.32 Å². The van der Waals surface area contributed by atoms with E-state index in [0.29, 0.717) is 6.04 Å². The number of benzene rings is 1. The maximum atomic E-state index is 5.92. The van der Waals surface area contributed by atoms with Crippen LogP contribution in [0.3, 0.4) is 0 Å². The summed E-state index contributed by atoms with van der Waals surface area (Å²) < 4.78 is 0. The number of nitrogens with one attached hydrogen (secondary N) is 1. The fourth-order valence-corrected chi connectivity index (χ4v) is 2.19. The number of hydrogen-bond acceptors (Lipinski definition) is 2. The van der Waals surface area contributed by atoms with E-state index in [-0.39, 0.29) is 5.54 Å². The number of likely N-dealkylation sites (N-methyl/N-ethyl adjacent to an activating group) is 1. The van der Waals surface area contributed by atoms with E-state index in [1.807, 2.05) is 12.1 Å². The van der Waals surface area contributed by atoms with Crippen molar-refractivity contribution in [2.75, 3.05) is 20.1 Å². The molecule has 1 heterocycles. The molecule has 1 aromatic carbocycles. The van der Waals surface area contributed by atoms with Crippen molar-refractivity contribution in [1.82, 2.24) is 10.2 Å². The molecule has 0 aliphatic carbocycles. The average molecular weight is 239 g/mol. The molecule has 3 heteroatoms. The molecular weight excluding hydrogens is 220 g/mol. The molecule has 1 aliphatic heterocycles. The number of hydrogen-bond donors (Lipinski definition) is 1. The largest absolute Gasteiger partial charge is 0.314 e. The topological polar surface area (TPSA) is 15.3 Å². The van der Waals surface area contributed by atoms with E-state index in [1.165, 1.54) is 5.56 Å². The Labute approximate surface area is 103 Å². The summed E-state index contributed by atoms with van der Waals surface area (Å²) in [4.78, 5) is 2.44. The van der Waals surface area contributed by atoms with Gasteiger partial charge >= 0.3 is 0 Å². The van der Waals surface area contributed by atoms with Gasteiger partial charge in [0.25, 0.3) is 0 Å². The molecule has 16 heavy (non-hydrogen) atoms. The van der Waals surface area contributed by atoms with Gasteiger partial charge in [0.05, 0.1) is 0 Å². The third kappa shape index (κ3) is 2.10. The van der Waals surface area contributed by atoms with Crippen molar-refractivity contribution in [3.63, 3.8) is 0 Å². The van der Waals surface area contributed by atoms with E-state index in [0.717, 1.165) is 18.1 Å². The standard InChI is InChI=1S/C13H19ClN2/c1-13(2,16(3)12-8-15-9-12)10-4-6-11(14)7-5-10/h4-7,12,15H,8-9H2,1-3H3. The van der Waals surface area contributed by atoms with Crippen LogP contribution in [0.2, 0.25) is 5.02 Å². The van der Waals surface area contributed by atoms with Crippen molar-refractivity contribution < 1.29 is 0 Å². The normalized spacial score (nSPS) is 17.6. The van der Waals surface area contributed by atoms with E-state index in [9.17, 15) is 0 Å². The minimum atomic E-state index is 0.0529. The molecule has 0 saturated carbocycles. The lowest BCUT2D eigenvalue weighted by molar-refractivity contribution is 0.0685. The first-order chi connectivity index (χ1) is 7.51. The van der Waals surface area contributed by atoms with Gasteiger partial charge in [0.15, 0.2) is 0 Å². The second kappa shape index (κ2) is 4.36. The zero-order chi connectivity index (χ0) is 11.8. The lowest BCUT2D eigenvalue weighted by atomic mass is 9.90. The zero-order valence-corrected chi connectivity index (χ0v) is 10.9. The molecule has 2 rings (SSSR count). The monoisotopic (exact) mass is 238 g/mol. The van der Waals surface area contributed by atoms with Crippen LogP contribution in [0.5, 0.6) is 0 Å². The van der Waals surface area contributed by atoms with E-state index in [2.05, 4.69) is 43.2 Å². The third-order valence-corrected chi connectivity index (χ3v) is 3.99. The second-order valence-corrected chi connectivity index (χ2v) is 5.43. The van der Waals surface area contributed by atoms with Gasteiger partial charge in [-0.1, -0.05) is 23.7 Å². The quantitative estimate of drug-likeness (QED) is 0.871. The van der Waals surface area contributed by atoms with Crippen molar-refractivity contribution in [1.29, 1.82) is 0 Å². The van der Waals surface area contributed by atoms with E-state index >= 15 is 0 Å². The van der Waals surface area contributed by atoms with E-state index < -0.39 is 0 Å².